The molecule has 3 N–H and O–H groups in total. The van der Waals surface area contributed by atoms with E-state index in [-0.39, 0.29) is 11.9 Å². The summed E-state index contributed by atoms with van der Waals surface area (Å²) in [6, 6.07) is 11.7. The Morgan fingerprint density at radius 1 is 1.33 bits per heavy atom. The number of aryl methyl sites for hydroxylation is 1. The summed E-state index contributed by atoms with van der Waals surface area (Å²) in [7, 11) is 0. The molecule has 24 heavy (non-hydrogen) atoms. The van der Waals surface area contributed by atoms with Crippen molar-refractivity contribution in [2.45, 2.75) is 32.0 Å². The van der Waals surface area contributed by atoms with Crippen molar-refractivity contribution in [2.75, 3.05) is 0 Å². The maximum absolute atomic E-state index is 12.4. The van der Waals surface area contributed by atoms with Crippen molar-refractivity contribution in [1.29, 1.82) is 0 Å². The van der Waals surface area contributed by atoms with Gasteiger partial charge in [-0.25, -0.2) is 0 Å². The highest BCUT2D eigenvalue weighted by atomic mass is 16.1. The quantitative estimate of drug-likeness (QED) is 0.774. The maximum Gasteiger partial charge on any atom is 0.272 e. The topological polar surface area (TPSA) is 85.8 Å². The molecule has 122 valence electrons. The minimum absolute atomic E-state index is 0.0323. The van der Waals surface area contributed by atoms with Gasteiger partial charge >= 0.3 is 0 Å². The molecular weight excluding hydrogens is 302 g/mol. The number of rotatable bonds is 3. The minimum Gasteiger partial charge on any atom is -0.346 e. The summed E-state index contributed by atoms with van der Waals surface area (Å²) < 4.78 is 1.85. The maximum atomic E-state index is 12.4. The van der Waals surface area contributed by atoms with E-state index in [2.05, 4.69) is 15.4 Å². The standard InChI is InChI=1S/C18H19N5O/c19-14-7-3-9-23-16(14)10-15(22-23)18(24)21-11-13-5-1-4-12-6-2-8-20-17(12)13/h1-2,4-6,8,10,14H,3,7,9,11,19H2,(H,21,24). The Labute approximate surface area is 139 Å². The second-order valence-corrected chi connectivity index (χ2v) is 6.10. The fraction of sp³-hybridized carbons (Fsp3) is 0.278. The van der Waals surface area contributed by atoms with Crippen LogP contribution in [0.15, 0.2) is 42.6 Å². The molecule has 1 aromatic carbocycles. The van der Waals surface area contributed by atoms with E-state index in [1.165, 1.54) is 0 Å². The molecule has 6 heteroatoms. The lowest BCUT2D eigenvalue weighted by molar-refractivity contribution is 0.0945. The first-order valence-electron chi connectivity index (χ1n) is 8.16. The van der Waals surface area contributed by atoms with E-state index in [1.807, 2.05) is 35.0 Å². The fourth-order valence-corrected chi connectivity index (χ4v) is 3.20. The molecule has 3 heterocycles. The van der Waals surface area contributed by atoms with Crippen LogP contribution in [0, 0.1) is 0 Å². The predicted molar refractivity (Wildman–Crippen MR) is 91.3 cm³/mol. The summed E-state index contributed by atoms with van der Waals surface area (Å²) in [5.41, 5.74) is 9.35. The molecule has 0 radical (unpaired) electrons. The normalized spacial score (nSPS) is 16.8. The van der Waals surface area contributed by atoms with Crippen molar-refractivity contribution in [3.8, 4) is 0 Å². The van der Waals surface area contributed by atoms with Crippen molar-refractivity contribution < 1.29 is 4.79 Å². The van der Waals surface area contributed by atoms with E-state index < -0.39 is 0 Å². The number of carbonyl (C=O) groups excluding carboxylic acids is 1. The first kappa shape index (κ1) is 14.8. The van der Waals surface area contributed by atoms with E-state index in [0.29, 0.717) is 12.2 Å². The van der Waals surface area contributed by atoms with Crippen LogP contribution in [0.4, 0.5) is 0 Å². The number of pyridine rings is 1. The molecule has 0 saturated carbocycles. The molecule has 4 rings (SSSR count). The number of amides is 1. The largest absolute Gasteiger partial charge is 0.346 e. The van der Waals surface area contributed by atoms with Crippen molar-refractivity contribution in [3.63, 3.8) is 0 Å². The third kappa shape index (κ3) is 2.65. The molecule has 1 aliphatic heterocycles. The average Bonchev–Trinajstić information content (AvgIpc) is 3.05. The molecule has 2 aromatic heterocycles. The Bertz CT molecular complexity index is 896. The van der Waals surface area contributed by atoms with Crippen LogP contribution in [0.1, 0.15) is 40.6 Å². The number of hydrogen-bond acceptors (Lipinski definition) is 4. The molecule has 1 unspecified atom stereocenters. The second kappa shape index (κ2) is 6.05. The number of benzene rings is 1. The van der Waals surface area contributed by atoms with Crippen LogP contribution in [0.5, 0.6) is 0 Å². The Morgan fingerprint density at radius 3 is 3.08 bits per heavy atom. The molecule has 1 atom stereocenters. The van der Waals surface area contributed by atoms with E-state index in [1.54, 1.807) is 12.3 Å². The third-order valence-electron chi connectivity index (χ3n) is 4.46. The SMILES string of the molecule is NC1CCCn2nc(C(=O)NCc3cccc4cccnc34)cc21. The summed E-state index contributed by atoms with van der Waals surface area (Å²) in [5, 5.41) is 8.38. The van der Waals surface area contributed by atoms with Gasteiger partial charge in [-0.15, -0.1) is 0 Å². The molecule has 3 aromatic rings. The summed E-state index contributed by atoms with van der Waals surface area (Å²) >= 11 is 0. The zero-order valence-corrected chi connectivity index (χ0v) is 13.3. The monoisotopic (exact) mass is 321 g/mol. The zero-order chi connectivity index (χ0) is 16.5. The van der Waals surface area contributed by atoms with Gasteiger partial charge in [-0.3, -0.25) is 14.5 Å². The smallest absolute Gasteiger partial charge is 0.272 e. The van der Waals surface area contributed by atoms with E-state index >= 15 is 0 Å². The van der Waals surface area contributed by atoms with Crippen molar-refractivity contribution in [3.05, 3.63) is 59.5 Å². The molecule has 0 fully saturated rings. The molecule has 0 spiro atoms. The van der Waals surface area contributed by atoms with E-state index in [4.69, 9.17) is 5.73 Å². The summed E-state index contributed by atoms with van der Waals surface area (Å²) in [4.78, 5) is 16.8. The highest BCUT2D eigenvalue weighted by molar-refractivity contribution is 5.92. The van der Waals surface area contributed by atoms with Crippen LogP contribution in [0.25, 0.3) is 10.9 Å². The van der Waals surface area contributed by atoms with Gasteiger partial charge in [-0.05, 0) is 30.5 Å². The van der Waals surface area contributed by atoms with E-state index in [9.17, 15) is 4.79 Å². The number of aromatic nitrogens is 3. The number of nitrogens with two attached hydrogens (primary N) is 1. The first-order valence-corrected chi connectivity index (χ1v) is 8.16. The highest BCUT2D eigenvalue weighted by Crippen LogP contribution is 2.23. The molecule has 1 amide bonds. The van der Waals surface area contributed by atoms with E-state index in [0.717, 1.165) is 41.5 Å². The van der Waals surface area contributed by atoms with Crippen molar-refractivity contribution in [1.82, 2.24) is 20.1 Å². The molecule has 6 nitrogen and oxygen atoms in total. The lowest BCUT2D eigenvalue weighted by atomic mass is 10.1. The predicted octanol–water partition coefficient (Wildman–Crippen LogP) is 2.15. The van der Waals surface area contributed by atoms with Crippen molar-refractivity contribution >= 4 is 16.8 Å². The Balaban J connectivity index is 1.52. The molecular formula is C18H19N5O. The number of fused-ring (bicyclic) bond motifs is 2. The van der Waals surface area contributed by atoms with Crippen LogP contribution in [-0.4, -0.2) is 20.7 Å². The lowest BCUT2D eigenvalue weighted by Crippen LogP contribution is -2.24. The number of para-hydroxylation sites is 1. The molecule has 1 aliphatic rings. The Kier molecular flexibility index (Phi) is 3.74. The van der Waals surface area contributed by atoms with Crippen LogP contribution in [0.3, 0.4) is 0 Å². The lowest BCUT2D eigenvalue weighted by Gasteiger charge is -2.19. The van der Waals surface area contributed by atoms with Gasteiger partial charge in [0, 0.05) is 30.7 Å². The van der Waals surface area contributed by atoms with Gasteiger partial charge in [-0.1, -0.05) is 24.3 Å². The summed E-state index contributed by atoms with van der Waals surface area (Å²) in [5.74, 6) is -0.183. The van der Waals surface area contributed by atoms with Gasteiger partial charge in [0.25, 0.3) is 5.91 Å². The van der Waals surface area contributed by atoms with Crippen LogP contribution in [0.2, 0.25) is 0 Å². The van der Waals surface area contributed by atoms with Crippen LogP contribution >= 0.6 is 0 Å². The average molecular weight is 321 g/mol. The number of nitrogens with zero attached hydrogens (tertiary/aromatic N) is 3. The van der Waals surface area contributed by atoms with Gasteiger partial charge in [-0.2, -0.15) is 5.10 Å². The van der Waals surface area contributed by atoms with Crippen LogP contribution in [-0.2, 0) is 13.1 Å². The van der Waals surface area contributed by atoms with Gasteiger partial charge < -0.3 is 11.1 Å². The molecule has 0 aliphatic carbocycles. The van der Waals surface area contributed by atoms with Gasteiger partial charge in [0.05, 0.1) is 11.2 Å². The molecule has 0 bridgehead atoms. The van der Waals surface area contributed by atoms with Gasteiger partial charge in [0.15, 0.2) is 5.69 Å². The first-order chi connectivity index (χ1) is 11.7. The minimum atomic E-state index is -0.183. The number of carbonyl (C=O) groups is 1. The second-order valence-electron chi connectivity index (χ2n) is 6.10. The fourth-order valence-electron chi connectivity index (χ4n) is 3.20. The van der Waals surface area contributed by atoms with Crippen molar-refractivity contribution in [2.24, 2.45) is 5.73 Å². The Morgan fingerprint density at radius 2 is 2.21 bits per heavy atom. The van der Waals surface area contributed by atoms with Crippen LogP contribution < -0.4 is 11.1 Å². The zero-order valence-electron chi connectivity index (χ0n) is 13.3. The number of hydrogen-bond donors (Lipinski definition) is 2. The third-order valence-corrected chi connectivity index (χ3v) is 4.46. The Hall–Kier alpha value is -2.73. The highest BCUT2D eigenvalue weighted by Gasteiger charge is 2.21. The van der Waals surface area contributed by atoms with Gasteiger partial charge in [0.1, 0.15) is 0 Å². The van der Waals surface area contributed by atoms with Gasteiger partial charge in [0.2, 0.25) is 0 Å². The summed E-state index contributed by atoms with van der Waals surface area (Å²) in [6.07, 6.45) is 3.70. The number of nitrogens with one attached hydrogen (secondary N) is 1. The summed E-state index contributed by atoms with van der Waals surface area (Å²) in [6.45, 7) is 1.24. The molecule has 0 saturated heterocycles.